The van der Waals surface area contributed by atoms with Crippen molar-refractivity contribution in [3.63, 3.8) is 0 Å². The molecule has 4 nitrogen and oxygen atoms in total. The molecular weight excluding hydrogens is 227 g/mol. The maximum atomic E-state index is 12.6. The quantitative estimate of drug-likeness (QED) is 0.726. The summed E-state index contributed by atoms with van der Waals surface area (Å²) in [4.78, 5) is 21.5. The fourth-order valence-electron chi connectivity index (χ4n) is 1.52. The Morgan fingerprint density at radius 2 is 2.06 bits per heavy atom. The average Bonchev–Trinajstić information content (AvgIpc) is 2.14. The van der Waals surface area contributed by atoms with E-state index in [9.17, 15) is 22.8 Å². The van der Waals surface area contributed by atoms with Crippen LogP contribution in [0.3, 0.4) is 0 Å². The van der Waals surface area contributed by atoms with Crippen LogP contribution in [0.5, 0.6) is 0 Å². The van der Waals surface area contributed by atoms with Crippen molar-refractivity contribution in [2.45, 2.75) is 32.3 Å². The summed E-state index contributed by atoms with van der Waals surface area (Å²) in [6.07, 6.45) is -5.82. The van der Waals surface area contributed by atoms with Crippen LogP contribution in [0.4, 0.5) is 13.2 Å². The molecule has 0 aromatic carbocycles. The molecule has 1 N–H and O–H groups in total. The van der Waals surface area contributed by atoms with Crippen molar-refractivity contribution in [2.75, 3.05) is 0 Å². The number of halogens is 3. The van der Waals surface area contributed by atoms with E-state index in [4.69, 9.17) is 4.74 Å². The van der Waals surface area contributed by atoms with Gasteiger partial charge in [-0.05, 0) is 13.8 Å². The highest BCUT2D eigenvalue weighted by Gasteiger charge is 2.47. The molecule has 0 spiro atoms. The number of Topliss-reactive ketones (excluding diaryl/α,β-unsaturated/α-hetero) is 1. The fourth-order valence-corrected chi connectivity index (χ4v) is 1.52. The molecule has 7 heteroatoms. The summed E-state index contributed by atoms with van der Waals surface area (Å²) >= 11 is 0. The smallest absolute Gasteiger partial charge is 0.408 e. The van der Waals surface area contributed by atoms with Gasteiger partial charge in [-0.3, -0.25) is 14.9 Å². The largest absolute Gasteiger partial charge is 0.472 e. The number of hydrogen-bond donors (Lipinski definition) is 1. The SMILES string of the molecule is CC(=O)C1=C(C)OC(C=O)NC1C(F)(F)F. The molecule has 0 fully saturated rings. The number of aldehydes is 1. The summed E-state index contributed by atoms with van der Waals surface area (Å²) in [7, 11) is 0. The summed E-state index contributed by atoms with van der Waals surface area (Å²) in [5.74, 6) is -0.914. The highest BCUT2D eigenvalue weighted by atomic mass is 19.4. The second-order valence-electron chi connectivity index (χ2n) is 3.34. The minimum atomic E-state index is -4.65. The van der Waals surface area contributed by atoms with Crippen LogP contribution in [0.2, 0.25) is 0 Å². The first-order valence-corrected chi connectivity index (χ1v) is 4.43. The van der Waals surface area contributed by atoms with Crippen molar-refractivity contribution in [2.24, 2.45) is 0 Å². The number of ether oxygens (including phenoxy) is 1. The topological polar surface area (TPSA) is 55.4 Å². The Hall–Kier alpha value is -1.37. The van der Waals surface area contributed by atoms with Crippen molar-refractivity contribution < 1.29 is 27.5 Å². The Labute approximate surface area is 89.4 Å². The molecule has 90 valence electrons. The zero-order valence-electron chi connectivity index (χ0n) is 8.59. The highest BCUT2D eigenvalue weighted by molar-refractivity contribution is 5.95. The van der Waals surface area contributed by atoms with Gasteiger partial charge in [0.2, 0.25) is 6.23 Å². The van der Waals surface area contributed by atoms with Crippen LogP contribution in [-0.4, -0.2) is 30.5 Å². The highest BCUT2D eigenvalue weighted by Crippen LogP contribution is 2.31. The van der Waals surface area contributed by atoms with Crippen LogP contribution in [0, 0.1) is 0 Å². The molecule has 1 aliphatic rings. The van der Waals surface area contributed by atoms with E-state index in [0.717, 1.165) is 6.92 Å². The molecule has 2 unspecified atom stereocenters. The lowest BCUT2D eigenvalue weighted by atomic mass is 10.00. The molecule has 0 saturated heterocycles. The molecule has 2 atom stereocenters. The molecule has 0 aromatic rings. The summed E-state index contributed by atoms with van der Waals surface area (Å²) < 4.78 is 42.7. The lowest BCUT2D eigenvalue weighted by Crippen LogP contribution is -2.54. The van der Waals surface area contributed by atoms with E-state index in [2.05, 4.69) is 0 Å². The summed E-state index contributed by atoms with van der Waals surface area (Å²) in [6, 6.07) is -2.16. The summed E-state index contributed by atoms with van der Waals surface area (Å²) in [6.45, 7) is 2.25. The van der Waals surface area contributed by atoms with Crippen molar-refractivity contribution in [3.8, 4) is 0 Å². The number of carbonyl (C=O) groups is 2. The predicted octanol–water partition coefficient (Wildman–Crippen LogP) is 0.925. The molecule has 0 saturated carbocycles. The van der Waals surface area contributed by atoms with Gasteiger partial charge >= 0.3 is 6.18 Å². The maximum absolute atomic E-state index is 12.6. The van der Waals surface area contributed by atoms with Gasteiger partial charge in [0.05, 0.1) is 5.57 Å². The van der Waals surface area contributed by atoms with Gasteiger partial charge in [0, 0.05) is 0 Å². The number of nitrogens with one attached hydrogen (secondary N) is 1. The van der Waals surface area contributed by atoms with E-state index in [1.165, 1.54) is 6.92 Å². The van der Waals surface area contributed by atoms with Crippen molar-refractivity contribution in [3.05, 3.63) is 11.3 Å². The Morgan fingerprint density at radius 1 is 1.50 bits per heavy atom. The first-order valence-electron chi connectivity index (χ1n) is 4.43. The van der Waals surface area contributed by atoms with Crippen LogP contribution in [-0.2, 0) is 14.3 Å². The monoisotopic (exact) mass is 237 g/mol. The second-order valence-corrected chi connectivity index (χ2v) is 3.34. The number of hydrogen-bond acceptors (Lipinski definition) is 4. The standard InChI is InChI=1S/C9H10F3NO3/c1-4(15)7-5(2)16-6(3-14)13-8(7)9(10,11)12/h3,6,8,13H,1-2H3. The van der Waals surface area contributed by atoms with E-state index in [-0.39, 0.29) is 12.0 Å². The fraction of sp³-hybridized carbons (Fsp3) is 0.556. The van der Waals surface area contributed by atoms with Gasteiger partial charge in [-0.1, -0.05) is 0 Å². The number of carbonyl (C=O) groups excluding carboxylic acids is 2. The molecule has 0 radical (unpaired) electrons. The van der Waals surface area contributed by atoms with E-state index < -0.39 is 29.8 Å². The minimum absolute atomic E-state index is 0.175. The third kappa shape index (κ3) is 2.41. The number of ketones is 1. The number of alkyl halides is 3. The maximum Gasteiger partial charge on any atom is 0.408 e. The Kier molecular flexibility index (Phi) is 3.37. The van der Waals surface area contributed by atoms with Crippen molar-refractivity contribution in [1.29, 1.82) is 0 Å². The van der Waals surface area contributed by atoms with Crippen LogP contribution in [0.25, 0.3) is 0 Å². The zero-order valence-corrected chi connectivity index (χ0v) is 8.59. The van der Waals surface area contributed by atoms with E-state index in [1.807, 2.05) is 5.32 Å². The zero-order chi connectivity index (χ0) is 12.5. The van der Waals surface area contributed by atoms with E-state index in [1.54, 1.807) is 0 Å². The van der Waals surface area contributed by atoms with Crippen molar-refractivity contribution in [1.82, 2.24) is 5.32 Å². The normalized spacial score (nSPS) is 26.3. The van der Waals surface area contributed by atoms with Crippen LogP contribution in [0.1, 0.15) is 13.8 Å². The summed E-state index contributed by atoms with van der Waals surface area (Å²) in [5.41, 5.74) is -0.495. The summed E-state index contributed by atoms with van der Waals surface area (Å²) in [5, 5.41) is 1.91. The molecule has 1 rings (SSSR count). The first-order chi connectivity index (χ1) is 7.27. The van der Waals surface area contributed by atoms with Gasteiger partial charge in [-0.25, -0.2) is 0 Å². The van der Waals surface area contributed by atoms with Crippen LogP contribution >= 0.6 is 0 Å². The van der Waals surface area contributed by atoms with E-state index in [0.29, 0.717) is 0 Å². The second kappa shape index (κ2) is 4.25. The number of rotatable bonds is 2. The molecule has 0 amide bonds. The van der Waals surface area contributed by atoms with Crippen molar-refractivity contribution >= 4 is 12.1 Å². The average molecular weight is 237 g/mol. The van der Waals surface area contributed by atoms with Gasteiger partial charge in [-0.2, -0.15) is 13.2 Å². The Balaban J connectivity index is 3.16. The third-order valence-electron chi connectivity index (χ3n) is 2.13. The van der Waals surface area contributed by atoms with E-state index >= 15 is 0 Å². The minimum Gasteiger partial charge on any atom is -0.472 e. The number of allylic oxidation sites excluding steroid dienone is 1. The molecular formula is C9H10F3NO3. The van der Waals surface area contributed by atoms with Gasteiger partial charge < -0.3 is 4.74 Å². The van der Waals surface area contributed by atoms with Gasteiger partial charge in [0.1, 0.15) is 11.8 Å². The van der Waals surface area contributed by atoms with Gasteiger partial charge in [0.25, 0.3) is 0 Å². The third-order valence-corrected chi connectivity index (χ3v) is 2.13. The Bertz CT molecular complexity index is 348. The molecule has 0 aliphatic carbocycles. The van der Waals surface area contributed by atoms with Gasteiger partial charge in [-0.15, -0.1) is 0 Å². The van der Waals surface area contributed by atoms with Gasteiger partial charge in [0.15, 0.2) is 12.1 Å². The molecule has 1 heterocycles. The lowest BCUT2D eigenvalue weighted by Gasteiger charge is -2.32. The molecule has 16 heavy (non-hydrogen) atoms. The predicted molar refractivity (Wildman–Crippen MR) is 47.3 cm³/mol. The molecule has 1 aliphatic heterocycles. The Morgan fingerprint density at radius 3 is 2.44 bits per heavy atom. The first kappa shape index (κ1) is 12.7. The molecule has 0 aromatic heterocycles. The van der Waals surface area contributed by atoms with Crippen LogP contribution < -0.4 is 5.32 Å². The molecule has 0 bridgehead atoms. The lowest BCUT2D eigenvalue weighted by molar-refractivity contribution is -0.164. The van der Waals surface area contributed by atoms with Crippen LogP contribution in [0.15, 0.2) is 11.3 Å².